The van der Waals surface area contributed by atoms with Gasteiger partial charge in [0.25, 0.3) is 5.91 Å². The van der Waals surface area contributed by atoms with Crippen molar-refractivity contribution in [3.8, 4) is 0 Å². The fraction of sp³-hybridized carbons (Fsp3) is 0.381. The van der Waals surface area contributed by atoms with Crippen LogP contribution in [0.5, 0.6) is 0 Å². The molecule has 1 aromatic heterocycles. The summed E-state index contributed by atoms with van der Waals surface area (Å²) in [5.74, 6) is 0.350. The number of carbonyl (C=O) groups is 2. The molecule has 1 fully saturated rings. The van der Waals surface area contributed by atoms with Gasteiger partial charge in [-0.25, -0.2) is 0 Å². The first-order valence-electron chi connectivity index (χ1n) is 9.40. The monoisotopic (exact) mass is 366 g/mol. The van der Waals surface area contributed by atoms with Crippen LogP contribution in [-0.4, -0.2) is 22.8 Å². The summed E-state index contributed by atoms with van der Waals surface area (Å²) >= 11 is 0. The predicted molar refractivity (Wildman–Crippen MR) is 105 cm³/mol. The molecule has 1 saturated carbocycles. The van der Waals surface area contributed by atoms with Crippen molar-refractivity contribution < 1.29 is 9.59 Å². The number of carbonyl (C=O) groups excluding carboxylic acids is 2. The second-order valence-electron chi connectivity index (χ2n) is 7.26. The number of aromatic nitrogens is 1. The van der Waals surface area contributed by atoms with Gasteiger partial charge in [-0.3, -0.25) is 14.6 Å². The molecule has 27 heavy (non-hydrogen) atoms. The van der Waals surface area contributed by atoms with E-state index in [0.29, 0.717) is 16.8 Å². The number of nitrogens with two attached hydrogens (primary N) is 1. The van der Waals surface area contributed by atoms with Crippen LogP contribution in [0.4, 0.5) is 5.69 Å². The Hall–Kier alpha value is -2.73. The zero-order valence-corrected chi connectivity index (χ0v) is 15.5. The summed E-state index contributed by atoms with van der Waals surface area (Å²) < 4.78 is 0. The molecule has 1 unspecified atom stereocenters. The maximum absolute atomic E-state index is 12.4. The first-order chi connectivity index (χ1) is 13.0. The fourth-order valence-electron chi connectivity index (χ4n) is 3.33. The van der Waals surface area contributed by atoms with Crippen LogP contribution in [0.25, 0.3) is 0 Å². The van der Waals surface area contributed by atoms with Crippen LogP contribution in [0.15, 0.2) is 48.8 Å². The average Bonchev–Trinajstić information content (AvgIpc) is 2.70. The van der Waals surface area contributed by atoms with Crippen LogP contribution in [0.1, 0.15) is 54.6 Å². The number of pyridine rings is 1. The molecule has 6 heteroatoms. The first-order valence-corrected chi connectivity index (χ1v) is 9.40. The number of hydrogen-bond donors (Lipinski definition) is 3. The largest absolute Gasteiger partial charge is 0.352 e. The number of anilines is 1. The molecule has 1 aromatic carbocycles. The lowest BCUT2D eigenvalue weighted by Gasteiger charge is -2.28. The maximum Gasteiger partial charge on any atom is 0.255 e. The fourth-order valence-corrected chi connectivity index (χ4v) is 3.33. The summed E-state index contributed by atoms with van der Waals surface area (Å²) in [6.45, 7) is 2.25. The maximum atomic E-state index is 12.4. The molecule has 1 atom stereocenters. The molecule has 142 valence electrons. The third-order valence-electron chi connectivity index (χ3n) is 5.11. The molecule has 1 heterocycles. The van der Waals surface area contributed by atoms with Crippen LogP contribution in [-0.2, 0) is 4.79 Å². The van der Waals surface area contributed by atoms with Crippen molar-refractivity contribution >= 4 is 17.5 Å². The SMILES string of the molecule is CC1CCC(NC(=O)C(N)c2ccc(C(=O)Nc3ccncc3)cc2)CC1. The normalized spacial score (nSPS) is 20.5. The standard InChI is InChI=1S/C21H26N4O2/c1-14-2-8-17(9-3-14)25-21(27)19(22)15-4-6-16(7-5-15)20(26)24-18-10-12-23-13-11-18/h4-7,10-14,17,19H,2-3,8-9,22H2,1H3,(H,25,27)(H,23,24,26). The Morgan fingerprint density at radius 2 is 1.67 bits per heavy atom. The van der Waals surface area contributed by atoms with Crippen LogP contribution in [0.3, 0.4) is 0 Å². The molecule has 0 spiro atoms. The Kier molecular flexibility index (Phi) is 6.19. The lowest BCUT2D eigenvalue weighted by Crippen LogP contribution is -2.42. The van der Waals surface area contributed by atoms with Gasteiger partial charge in [0.15, 0.2) is 0 Å². The Balaban J connectivity index is 1.57. The Morgan fingerprint density at radius 1 is 1.04 bits per heavy atom. The Labute approximate surface area is 159 Å². The van der Waals surface area contributed by atoms with Crippen LogP contribution < -0.4 is 16.4 Å². The number of nitrogens with zero attached hydrogens (tertiary/aromatic N) is 1. The first kappa shape index (κ1) is 19.0. The van der Waals surface area contributed by atoms with E-state index < -0.39 is 6.04 Å². The summed E-state index contributed by atoms with van der Waals surface area (Å²) in [6, 6.07) is 9.75. The molecule has 3 rings (SSSR count). The van der Waals surface area contributed by atoms with Gasteiger partial charge in [0.2, 0.25) is 5.91 Å². The number of nitrogens with one attached hydrogen (secondary N) is 2. The molecule has 0 radical (unpaired) electrons. The average molecular weight is 366 g/mol. The summed E-state index contributed by atoms with van der Waals surface area (Å²) in [5.41, 5.74) is 7.99. The quantitative estimate of drug-likeness (QED) is 0.758. The summed E-state index contributed by atoms with van der Waals surface area (Å²) in [6.07, 6.45) is 7.52. The second kappa shape index (κ2) is 8.77. The van der Waals surface area contributed by atoms with Gasteiger partial charge in [-0.05, 0) is 61.4 Å². The second-order valence-corrected chi connectivity index (χ2v) is 7.26. The van der Waals surface area contributed by atoms with Gasteiger partial charge in [-0.1, -0.05) is 19.1 Å². The van der Waals surface area contributed by atoms with Crippen molar-refractivity contribution in [3.05, 3.63) is 59.9 Å². The third kappa shape index (κ3) is 5.14. The highest BCUT2D eigenvalue weighted by atomic mass is 16.2. The van der Waals surface area contributed by atoms with E-state index in [1.54, 1.807) is 48.8 Å². The van der Waals surface area contributed by atoms with Gasteiger partial charge < -0.3 is 16.4 Å². The Bertz CT molecular complexity index is 769. The van der Waals surface area contributed by atoms with Crippen LogP contribution in [0.2, 0.25) is 0 Å². The van der Waals surface area contributed by atoms with Crippen molar-refractivity contribution in [1.29, 1.82) is 0 Å². The van der Waals surface area contributed by atoms with Crippen molar-refractivity contribution in [2.24, 2.45) is 11.7 Å². The van der Waals surface area contributed by atoms with Gasteiger partial charge in [-0.2, -0.15) is 0 Å². The molecular formula is C21H26N4O2. The molecule has 0 bridgehead atoms. The zero-order valence-electron chi connectivity index (χ0n) is 15.5. The zero-order chi connectivity index (χ0) is 19.2. The number of rotatable bonds is 5. The lowest BCUT2D eigenvalue weighted by molar-refractivity contribution is -0.123. The third-order valence-corrected chi connectivity index (χ3v) is 5.11. The van der Waals surface area contributed by atoms with Crippen molar-refractivity contribution in [1.82, 2.24) is 10.3 Å². The van der Waals surface area contributed by atoms with E-state index in [1.165, 1.54) is 0 Å². The minimum absolute atomic E-state index is 0.163. The number of hydrogen-bond acceptors (Lipinski definition) is 4. The van der Waals surface area contributed by atoms with E-state index in [2.05, 4.69) is 22.5 Å². The summed E-state index contributed by atoms with van der Waals surface area (Å²) in [5, 5.41) is 5.86. The highest BCUT2D eigenvalue weighted by Crippen LogP contribution is 2.24. The lowest BCUT2D eigenvalue weighted by atomic mass is 9.87. The van der Waals surface area contributed by atoms with E-state index in [4.69, 9.17) is 5.73 Å². The number of benzene rings is 1. The van der Waals surface area contributed by atoms with Crippen molar-refractivity contribution in [2.45, 2.75) is 44.7 Å². The van der Waals surface area contributed by atoms with Crippen LogP contribution >= 0.6 is 0 Å². The molecular weight excluding hydrogens is 340 g/mol. The van der Waals surface area contributed by atoms with Crippen molar-refractivity contribution in [3.63, 3.8) is 0 Å². The molecule has 0 aliphatic heterocycles. The minimum atomic E-state index is -0.735. The smallest absolute Gasteiger partial charge is 0.255 e. The van der Waals surface area contributed by atoms with E-state index >= 15 is 0 Å². The van der Waals surface area contributed by atoms with Gasteiger partial charge in [0, 0.05) is 29.7 Å². The highest BCUT2D eigenvalue weighted by molar-refractivity contribution is 6.04. The van der Waals surface area contributed by atoms with E-state index in [9.17, 15) is 9.59 Å². The molecule has 1 aliphatic rings. The van der Waals surface area contributed by atoms with Gasteiger partial charge in [0.05, 0.1) is 0 Å². The summed E-state index contributed by atoms with van der Waals surface area (Å²) in [4.78, 5) is 28.6. The van der Waals surface area contributed by atoms with Crippen molar-refractivity contribution in [2.75, 3.05) is 5.32 Å². The molecule has 4 N–H and O–H groups in total. The summed E-state index contributed by atoms with van der Waals surface area (Å²) in [7, 11) is 0. The Morgan fingerprint density at radius 3 is 2.30 bits per heavy atom. The van der Waals surface area contributed by atoms with Gasteiger partial charge in [-0.15, -0.1) is 0 Å². The van der Waals surface area contributed by atoms with Gasteiger partial charge in [0.1, 0.15) is 6.04 Å². The van der Waals surface area contributed by atoms with E-state index in [1.807, 2.05) is 0 Å². The molecule has 2 amide bonds. The molecule has 2 aromatic rings. The van der Waals surface area contributed by atoms with Gasteiger partial charge >= 0.3 is 0 Å². The highest BCUT2D eigenvalue weighted by Gasteiger charge is 2.23. The topological polar surface area (TPSA) is 97.1 Å². The molecule has 6 nitrogen and oxygen atoms in total. The van der Waals surface area contributed by atoms with E-state index in [-0.39, 0.29) is 17.9 Å². The predicted octanol–water partition coefficient (Wildman–Crippen LogP) is 3.03. The molecule has 1 aliphatic carbocycles. The van der Waals surface area contributed by atoms with E-state index in [0.717, 1.165) is 31.6 Å². The van der Waals surface area contributed by atoms with Crippen LogP contribution in [0, 0.1) is 5.92 Å². The minimum Gasteiger partial charge on any atom is -0.352 e. The number of amides is 2. The molecule has 0 saturated heterocycles.